The number of carbonyl (C=O) groups is 2. The van der Waals surface area contributed by atoms with Crippen LogP contribution in [0.2, 0.25) is 0 Å². The molecule has 154 valence electrons. The number of nitrogens with one attached hydrogen (secondary N) is 2. The second kappa shape index (κ2) is 7.04. The van der Waals surface area contributed by atoms with Crippen molar-refractivity contribution in [2.45, 2.75) is 57.4 Å². The molecule has 3 amide bonds. The molecule has 0 radical (unpaired) electrons. The smallest absolute Gasteiger partial charge is 0.325 e. The van der Waals surface area contributed by atoms with Crippen LogP contribution in [0.1, 0.15) is 50.5 Å². The number of piperidine rings is 1. The molecule has 1 aromatic heterocycles. The van der Waals surface area contributed by atoms with Gasteiger partial charge in [0, 0.05) is 30.7 Å². The van der Waals surface area contributed by atoms with E-state index in [2.05, 4.69) is 39.5 Å². The SMILES string of the molecule is Cc1cc(N2CCC3(CC2)NC(=O)N(CC2CCCCC2)C3=O)c2cn[nH]c2c1. The molecule has 1 aromatic carbocycles. The number of imide groups is 1. The molecule has 5 rings (SSSR count). The number of hydrogen-bond donors (Lipinski definition) is 2. The van der Waals surface area contributed by atoms with Gasteiger partial charge in [-0.15, -0.1) is 0 Å². The van der Waals surface area contributed by atoms with Crippen LogP contribution in [0.15, 0.2) is 18.3 Å². The summed E-state index contributed by atoms with van der Waals surface area (Å²) in [7, 11) is 0. The summed E-state index contributed by atoms with van der Waals surface area (Å²) >= 11 is 0. The monoisotopic (exact) mass is 395 g/mol. The summed E-state index contributed by atoms with van der Waals surface area (Å²) in [5.41, 5.74) is 2.64. The number of aryl methyl sites for hydroxylation is 1. The van der Waals surface area contributed by atoms with Crippen molar-refractivity contribution in [1.82, 2.24) is 20.4 Å². The molecule has 3 heterocycles. The lowest BCUT2D eigenvalue weighted by atomic mass is 9.86. The Morgan fingerprint density at radius 3 is 2.66 bits per heavy atom. The van der Waals surface area contributed by atoms with Gasteiger partial charge in [-0.1, -0.05) is 19.3 Å². The van der Waals surface area contributed by atoms with Crippen molar-refractivity contribution < 1.29 is 9.59 Å². The molecule has 2 saturated heterocycles. The second-order valence-electron chi connectivity index (χ2n) is 9.03. The second-order valence-corrected chi connectivity index (χ2v) is 9.03. The zero-order valence-electron chi connectivity index (χ0n) is 17.0. The Kier molecular flexibility index (Phi) is 4.48. The van der Waals surface area contributed by atoms with Gasteiger partial charge in [-0.3, -0.25) is 14.8 Å². The first-order valence-corrected chi connectivity index (χ1v) is 10.9. The number of nitrogens with zero attached hydrogens (tertiary/aromatic N) is 3. The average molecular weight is 396 g/mol. The molecule has 3 fully saturated rings. The first kappa shape index (κ1) is 18.5. The quantitative estimate of drug-likeness (QED) is 0.781. The van der Waals surface area contributed by atoms with Gasteiger partial charge in [-0.25, -0.2) is 4.79 Å². The van der Waals surface area contributed by atoms with Crippen molar-refractivity contribution in [2.75, 3.05) is 24.5 Å². The Hall–Kier alpha value is -2.57. The number of rotatable bonds is 3. The highest BCUT2D eigenvalue weighted by Crippen LogP contribution is 2.35. The molecule has 2 N–H and O–H groups in total. The summed E-state index contributed by atoms with van der Waals surface area (Å²) in [5.74, 6) is 0.459. The lowest BCUT2D eigenvalue weighted by Crippen LogP contribution is -2.55. The van der Waals surface area contributed by atoms with Crippen molar-refractivity contribution >= 4 is 28.5 Å². The Labute approximate surface area is 170 Å². The number of urea groups is 1. The fraction of sp³-hybridized carbons (Fsp3) is 0.591. The number of benzene rings is 1. The first-order chi connectivity index (χ1) is 14.1. The van der Waals surface area contributed by atoms with E-state index in [1.165, 1.54) is 29.7 Å². The molecule has 3 aliphatic rings. The largest absolute Gasteiger partial charge is 0.371 e. The number of aromatic nitrogens is 2. The summed E-state index contributed by atoms with van der Waals surface area (Å²) in [5, 5.41) is 11.4. The number of hydrogen-bond acceptors (Lipinski definition) is 4. The van der Waals surface area contributed by atoms with Gasteiger partial charge in [0.1, 0.15) is 5.54 Å². The number of aromatic amines is 1. The highest BCUT2D eigenvalue weighted by atomic mass is 16.2. The minimum absolute atomic E-state index is 0.00887. The summed E-state index contributed by atoms with van der Waals surface area (Å²) in [6, 6.07) is 4.09. The van der Waals surface area contributed by atoms with Crippen LogP contribution in [0, 0.1) is 12.8 Å². The van der Waals surface area contributed by atoms with E-state index in [4.69, 9.17) is 0 Å². The lowest BCUT2D eigenvalue weighted by Gasteiger charge is -2.39. The molecule has 0 atom stereocenters. The summed E-state index contributed by atoms with van der Waals surface area (Å²) in [6.07, 6.45) is 9.12. The average Bonchev–Trinajstić information content (AvgIpc) is 3.28. The number of carbonyl (C=O) groups excluding carboxylic acids is 2. The third-order valence-electron chi connectivity index (χ3n) is 7.05. The van der Waals surface area contributed by atoms with Gasteiger partial charge in [0.2, 0.25) is 0 Å². The van der Waals surface area contributed by atoms with Gasteiger partial charge in [-0.2, -0.15) is 5.10 Å². The van der Waals surface area contributed by atoms with Gasteiger partial charge in [0.05, 0.1) is 11.7 Å². The number of amides is 3. The van der Waals surface area contributed by atoms with E-state index in [9.17, 15) is 9.59 Å². The molecule has 0 unspecified atom stereocenters. The van der Waals surface area contributed by atoms with Gasteiger partial charge in [0.25, 0.3) is 5.91 Å². The van der Waals surface area contributed by atoms with Crippen molar-refractivity contribution in [2.24, 2.45) is 5.92 Å². The van der Waals surface area contributed by atoms with Crippen LogP contribution < -0.4 is 10.2 Å². The van der Waals surface area contributed by atoms with E-state index in [0.29, 0.717) is 25.3 Å². The molecule has 0 bridgehead atoms. The van der Waals surface area contributed by atoms with E-state index in [1.54, 1.807) is 0 Å². The molecule has 7 heteroatoms. The predicted octanol–water partition coefficient (Wildman–Crippen LogP) is 3.34. The van der Waals surface area contributed by atoms with Crippen molar-refractivity contribution in [3.05, 3.63) is 23.9 Å². The highest BCUT2D eigenvalue weighted by molar-refractivity contribution is 6.07. The fourth-order valence-corrected chi connectivity index (χ4v) is 5.37. The molecular formula is C22H29N5O2. The van der Waals surface area contributed by atoms with E-state index < -0.39 is 5.54 Å². The summed E-state index contributed by atoms with van der Waals surface area (Å²) in [4.78, 5) is 29.7. The van der Waals surface area contributed by atoms with Crippen molar-refractivity contribution in [3.8, 4) is 0 Å². The minimum Gasteiger partial charge on any atom is -0.371 e. The van der Waals surface area contributed by atoms with Crippen molar-refractivity contribution in [1.29, 1.82) is 0 Å². The molecule has 7 nitrogen and oxygen atoms in total. The van der Waals surface area contributed by atoms with E-state index >= 15 is 0 Å². The van der Waals surface area contributed by atoms with Crippen molar-refractivity contribution in [3.63, 3.8) is 0 Å². The third kappa shape index (κ3) is 3.16. The van der Waals surface area contributed by atoms with Crippen LogP contribution in [0.25, 0.3) is 10.9 Å². The Balaban J connectivity index is 1.31. The molecular weight excluding hydrogens is 366 g/mol. The Morgan fingerprint density at radius 2 is 1.90 bits per heavy atom. The Bertz CT molecular complexity index is 938. The van der Waals surface area contributed by atoms with E-state index in [1.807, 2.05) is 6.20 Å². The summed E-state index contributed by atoms with van der Waals surface area (Å²) in [6.45, 7) is 4.16. The van der Waals surface area contributed by atoms with Crippen LogP contribution in [-0.4, -0.2) is 52.2 Å². The number of H-pyrrole nitrogens is 1. The lowest BCUT2D eigenvalue weighted by molar-refractivity contribution is -0.132. The molecule has 1 saturated carbocycles. The topological polar surface area (TPSA) is 81.3 Å². The van der Waals surface area contributed by atoms with Crippen LogP contribution >= 0.6 is 0 Å². The maximum atomic E-state index is 13.2. The number of fused-ring (bicyclic) bond motifs is 1. The predicted molar refractivity (Wildman–Crippen MR) is 112 cm³/mol. The molecule has 1 spiro atoms. The summed E-state index contributed by atoms with van der Waals surface area (Å²) < 4.78 is 0. The molecule has 2 aliphatic heterocycles. The maximum Gasteiger partial charge on any atom is 0.325 e. The molecule has 29 heavy (non-hydrogen) atoms. The zero-order valence-corrected chi connectivity index (χ0v) is 17.0. The number of anilines is 1. The minimum atomic E-state index is -0.721. The van der Waals surface area contributed by atoms with Crippen LogP contribution in [0.4, 0.5) is 10.5 Å². The van der Waals surface area contributed by atoms with E-state index in [0.717, 1.165) is 42.5 Å². The van der Waals surface area contributed by atoms with Crippen LogP contribution in [0.3, 0.4) is 0 Å². The standard InChI is InChI=1S/C22H29N5O2/c1-15-11-18-17(13-23-25-18)19(12-15)26-9-7-22(8-10-26)20(28)27(21(29)24-22)14-16-5-3-2-4-6-16/h11-13,16H,2-10,14H2,1H3,(H,23,25)(H,24,29). The van der Waals surface area contributed by atoms with Gasteiger partial charge >= 0.3 is 6.03 Å². The molecule has 1 aliphatic carbocycles. The maximum absolute atomic E-state index is 13.2. The van der Waals surface area contributed by atoms with Crippen LogP contribution in [-0.2, 0) is 4.79 Å². The van der Waals surface area contributed by atoms with Gasteiger partial charge in [-0.05, 0) is 56.2 Å². The first-order valence-electron chi connectivity index (χ1n) is 10.9. The third-order valence-corrected chi connectivity index (χ3v) is 7.05. The highest BCUT2D eigenvalue weighted by Gasteiger charge is 2.52. The van der Waals surface area contributed by atoms with Gasteiger partial charge < -0.3 is 10.2 Å². The zero-order chi connectivity index (χ0) is 20.0. The van der Waals surface area contributed by atoms with Gasteiger partial charge in [0.15, 0.2) is 0 Å². The molecule has 2 aromatic rings. The Morgan fingerprint density at radius 1 is 1.14 bits per heavy atom. The van der Waals surface area contributed by atoms with E-state index in [-0.39, 0.29) is 11.9 Å². The normalized spacial score (nSPS) is 22.7. The fourth-order valence-electron chi connectivity index (χ4n) is 5.37. The van der Waals surface area contributed by atoms with Crippen LogP contribution in [0.5, 0.6) is 0 Å².